The topological polar surface area (TPSA) is 30.7 Å². The van der Waals surface area contributed by atoms with Crippen LogP contribution in [0.15, 0.2) is 49.1 Å². The highest BCUT2D eigenvalue weighted by Crippen LogP contribution is 2.27. The summed E-state index contributed by atoms with van der Waals surface area (Å²) in [4.78, 5) is 8.23. The van der Waals surface area contributed by atoms with Crippen LogP contribution in [-0.4, -0.2) is 14.5 Å². The zero-order chi connectivity index (χ0) is 11.0. The van der Waals surface area contributed by atoms with E-state index in [4.69, 9.17) is 0 Å². The van der Waals surface area contributed by atoms with Gasteiger partial charge in [-0.1, -0.05) is 18.2 Å². The molecule has 0 saturated heterocycles. The molecular weight excluding hydrogens is 198 g/mol. The van der Waals surface area contributed by atoms with Crippen LogP contribution in [0.25, 0.3) is 22.2 Å². The van der Waals surface area contributed by atoms with Crippen molar-refractivity contribution in [2.75, 3.05) is 0 Å². The van der Waals surface area contributed by atoms with Gasteiger partial charge in [0.15, 0.2) is 0 Å². The van der Waals surface area contributed by atoms with Gasteiger partial charge in [0.1, 0.15) is 6.33 Å². The molecule has 3 rings (SSSR count). The molecule has 0 spiro atoms. The van der Waals surface area contributed by atoms with Crippen LogP contribution in [0.3, 0.4) is 0 Å². The molecular formula is C13H11N3. The molecule has 0 amide bonds. The van der Waals surface area contributed by atoms with Gasteiger partial charge in [-0.3, -0.25) is 0 Å². The van der Waals surface area contributed by atoms with Crippen molar-refractivity contribution in [1.29, 1.82) is 0 Å². The minimum atomic E-state index is 0.965. The third-order valence-electron chi connectivity index (χ3n) is 2.75. The molecule has 0 bridgehead atoms. The lowest BCUT2D eigenvalue weighted by Crippen LogP contribution is -1.83. The Morgan fingerprint density at radius 2 is 2.00 bits per heavy atom. The SMILES string of the molecule is Cn1cc(-c2ccncn2)c2ccccc21. The fourth-order valence-electron chi connectivity index (χ4n) is 2.00. The first-order valence-corrected chi connectivity index (χ1v) is 5.17. The van der Waals surface area contributed by atoms with E-state index in [2.05, 4.69) is 32.9 Å². The summed E-state index contributed by atoms with van der Waals surface area (Å²) in [6.07, 6.45) is 5.45. The van der Waals surface area contributed by atoms with Crippen LogP contribution in [0.5, 0.6) is 0 Å². The molecule has 16 heavy (non-hydrogen) atoms. The second-order valence-electron chi connectivity index (χ2n) is 3.77. The maximum absolute atomic E-state index is 4.29. The van der Waals surface area contributed by atoms with Crippen LogP contribution in [-0.2, 0) is 7.05 Å². The summed E-state index contributed by atoms with van der Waals surface area (Å²) in [5.74, 6) is 0. The number of aryl methyl sites for hydroxylation is 1. The molecule has 0 aliphatic rings. The van der Waals surface area contributed by atoms with Gasteiger partial charge < -0.3 is 4.57 Å². The van der Waals surface area contributed by atoms with Crippen LogP contribution >= 0.6 is 0 Å². The summed E-state index contributed by atoms with van der Waals surface area (Å²) < 4.78 is 2.12. The molecule has 1 aromatic carbocycles. The predicted octanol–water partition coefficient (Wildman–Crippen LogP) is 2.64. The zero-order valence-corrected chi connectivity index (χ0v) is 8.96. The van der Waals surface area contributed by atoms with Crippen molar-refractivity contribution in [3.8, 4) is 11.3 Å². The summed E-state index contributed by atoms with van der Waals surface area (Å²) in [6.45, 7) is 0. The minimum absolute atomic E-state index is 0.965. The molecule has 0 unspecified atom stereocenters. The zero-order valence-electron chi connectivity index (χ0n) is 8.96. The number of hydrogen-bond donors (Lipinski definition) is 0. The number of benzene rings is 1. The second kappa shape index (κ2) is 3.45. The van der Waals surface area contributed by atoms with Crippen molar-refractivity contribution < 1.29 is 0 Å². The van der Waals surface area contributed by atoms with E-state index in [-0.39, 0.29) is 0 Å². The average molecular weight is 209 g/mol. The van der Waals surface area contributed by atoms with E-state index >= 15 is 0 Å². The Kier molecular flexibility index (Phi) is 1.96. The van der Waals surface area contributed by atoms with Gasteiger partial charge in [0.25, 0.3) is 0 Å². The summed E-state index contributed by atoms with van der Waals surface area (Å²) in [7, 11) is 2.05. The quantitative estimate of drug-likeness (QED) is 0.616. The lowest BCUT2D eigenvalue weighted by molar-refractivity contribution is 0.969. The Labute approximate surface area is 93.4 Å². The van der Waals surface area contributed by atoms with Crippen molar-refractivity contribution in [2.45, 2.75) is 0 Å². The van der Waals surface area contributed by atoms with Crippen LogP contribution in [0.2, 0.25) is 0 Å². The van der Waals surface area contributed by atoms with Gasteiger partial charge >= 0.3 is 0 Å². The molecule has 3 nitrogen and oxygen atoms in total. The third-order valence-corrected chi connectivity index (χ3v) is 2.75. The number of fused-ring (bicyclic) bond motifs is 1. The molecule has 0 atom stereocenters. The highest BCUT2D eigenvalue weighted by atomic mass is 14.9. The van der Waals surface area contributed by atoms with E-state index in [1.807, 2.05) is 25.2 Å². The number of hydrogen-bond acceptors (Lipinski definition) is 2. The number of para-hydroxylation sites is 1. The highest BCUT2D eigenvalue weighted by Gasteiger charge is 2.07. The summed E-state index contributed by atoms with van der Waals surface area (Å²) in [5.41, 5.74) is 3.34. The Hall–Kier alpha value is -2.16. The third kappa shape index (κ3) is 1.29. The van der Waals surface area contributed by atoms with Crippen molar-refractivity contribution in [1.82, 2.24) is 14.5 Å². The van der Waals surface area contributed by atoms with Crippen molar-refractivity contribution >= 4 is 10.9 Å². The molecule has 2 aromatic heterocycles. The molecule has 0 aliphatic heterocycles. The second-order valence-corrected chi connectivity index (χ2v) is 3.77. The predicted molar refractivity (Wildman–Crippen MR) is 63.9 cm³/mol. The van der Waals surface area contributed by atoms with Gasteiger partial charge in [0.2, 0.25) is 0 Å². The van der Waals surface area contributed by atoms with Crippen LogP contribution in [0, 0.1) is 0 Å². The average Bonchev–Trinajstić information content (AvgIpc) is 2.69. The molecule has 3 aromatic rings. The summed E-state index contributed by atoms with van der Waals surface area (Å²) in [5, 5.41) is 1.23. The van der Waals surface area contributed by atoms with E-state index in [0.29, 0.717) is 0 Å². The van der Waals surface area contributed by atoms with Gasteiger partial charge in [0, 0.05) is 35.9 Å². The maximum atomic E-state index is 4.29. The summed E-state index contributed by atoms with van der Waals surface area (Å²) >= 11 is 0. The first kappa shape index (κ1) is 9.09. The smallest absolute Gasteiger partial charge is 0.116 e. The summed E-state index contributed by atoms with van der Waals surface area (Å²) in [6, 6.07) is 10.3. The fourth-order valence-corrected chi connectivity index (χ4v) is 2.00. The molecule has 0 N–H and O–H groups in total. The Balaban J connectivity index is 2.33. The van der Waals surface area contributed by atoms with Gasteiger partial charge in [-0.05, 0) is 12.1 Å². The van der Waals surface area contributed by atoms with Crippen molar-refractivity contribution in [3.63, 3.8) is 0 Å². The number of aromatic nitrogens is 3. The fraction of sp³-hybridized carbons (Fsp3) is 0.0769. The lowest BCUT2D eigenvalue weighted by atomic mass is 10.1. The number of nitrogens with zero attached hydrogens (tertiary/aromatic N) is 3. The van der Waals surface area contributed by atoms with E-state index in [0.717, 1.165) is 11.3 Å². The van der Waals surface area contributed by atoms with Crippen LogP contribution in [0.4, 0.5) is 0 Å². The molecule has 0 fully saturated rings. The molecule has 0 aliphatic carbocycles. The molecule has 0 saturated carbocycles. The first-order valence-electron chi connectivity index (χ1n) is 5.17. The monoisotopic (exact) mass is 209 g/mol. The van der Waals surface area contributed by atoms with Crippen LogP contribution in [0.1, 0.15) is 0 Å². The maximum Gasteiger partial charge on any atom is 0.116 e. The standard InChI is InChI=1S/C13H11N3/c1-16-8-11(12-6-7-14-9-15-12)10-4-2-3-5-13(10)16/h2-9H,1H3. The Morgan fingerprint density at radius 1 is 1.12 bits per heavy atom. The van der Waals surface area contributed by atoms with Gasteiger partial charge in [-0.25, -0.2) is 9.97 Å². The highest BCUT2D eigenvalue weighted by molar-refractivity contribution is 5.94. The van der Waals surface area contributed by atoms with E-state index < -0.39 is 0 Å². The van der Waals surface area contributed by atoms with Crippen molar-refractivity contribution in [2.24, 2.45) is 7.05 Å². The Morgan fingerprint density at radius 3 is 2.81 bits per heavy atom. The minimum Gasteiger partial charge on any atom is -0.350 e. The molecule has 2 heterocycles. The van der Waals surface area contributed by atoms with Gasteiger partial charge in [0.05, 0.1) is 5.69 Å². The largest absolute Gasteiger partial charge is 0.350 e. The Bertz CT molecular complexity index is 626. The molecule has 78 valence electrons. The van der Waals surface area contributed by atoms with Gasteiger partial charge in [-0.2, -0.15) is 0 Å². The normalized spacial score (nSPS) is 10.8. The molecule has 3 heteroatoms. The van der Waals surface area contributed by atoms with Crippen molar-refractivity contribution in [3.05, 3.63) is 49.1 Å². The molecule has 0 radical (unpaired) electrons. The number of rotatable bonds is 1. The van der Waals surface area contributed by atoms with Crippen LogP contribution < -0.4 is 0 Å². The van der Waals surface area contributed by atoms with E-state index in [9.17, 15) is 0 Å². The van der Waals surface area contributed by atoms with E-state index in [1.54, 1.807) is 12.5 Å². The first-order chi connectivity index (χ1) is 7.86. The van der Waals surface area contributed by atoms with Gasteiger partial charge in [-0.15, -0.1) is 0 Å². The van der Waals surface area contributed by atoms with E-state index in [1.165, 1.54) is 10.9 Å². The lowest BCUT2D eigenvalue weighted by Gasteiger charge is -1.96.